The van der Waals surface area contributed by atoms with Crippen LogP contribution in [0, 0.1) is 6.92 Å². The van der Waals surface area contributed by atoms with Crippen LogP contribution in [0.3, 0.4) is 0 Å². The van der Waals surface area contributed by atoms with E-state index >= 15 is 0 Å². The van der Waals surface area contributed by atoms with Gasteiger partial charge in [-0.3, -0.25) is 9.67 Å². The number of aromatic amines is 1. The summed E-state index contributed by atoms with van der Waals surface area (Å²) in [5, 5.41) is 7.54. The van der Waals surface area contributed by atoms with Gasteiger partial charge < -0.3 is 0 Å². The molecule has 0 aliphatic carbocycles. The van der Waals surface area contributed by atoms with E-state index in [0.29, 0.717) is 27.8 Å². The molecule has 0 aliphatic rings. The first-order valence-electron chi connectivity index (χ1n) is 7.98. The largest absolute Gasteiger partial charge is 0.320 e. The Kier molecular flexibility index (Phi) is 4.42. The first kappa shape index (κ1) is 16.7. The summed E-state index contributed by atoms with van der Waals surface area (Å²) in [7, 11) is 0. The Bertz CT molecular complexity index is 1040. The van der Waals surface area contributed by atoms with E-state index in [-0.39, 0.29) is 5.75 Å². The molecule has 0 unspecified atom stereocenters. The molecule has 0 fully saturated rings. The van der Waals surface area contributed by atoms with Gasteiger partial charge in [0.25, 0.3) is 0 Å². The van der Waals surface area contributed by atoms with Crippen LogP contribution in [0.1, 0.15) is 17.9 Å². The minimum Gasteiger partial charge on any atom is -0.269 e. The Morgan fingerprint density at radius 1 is 1.08 bits per heavy atom. The van der Waals surface area contributed by atoms with E-state index in [1.165, 1.54) is 11.8 Å². The van der Waals surface area contributed by atoms with Crippen LogP contribution in [0.25, 0.3) is 22.4 Å². The maximum Gasteiger partial charge on any atom is 0.320 e. The van der Waals surface area contributed by atoms with Gasteiger partial charge in [0, 0.05) is 5.56 Å². The number of H-pyrrole nitrogens is 1. The zero-order chi connectivity index (χ0) is 18.1. The lowest BCUT2D eigenvalue weighted by Gasteiger charge is -2.06. The van der Waals surface area contributed by atoms with Crippen molar-refractivity contribution < 1.29 is 8.78 Å². The van der Waals surface area contributed by atoms with E-state index in [4.69, 9.17) is 0 Å². The van der Waals surface area contributed by atoms with Crippen molar-refractivity contribution in [2.45, 2.75) is 24.4 Å². The number of nitrogens with zero attached hydrogens (tertiary/aromatic N) is 4. The van der Waals surface area contributed by atoms with E-state index in [0.717, 1.165) is 15.7 Å². The highest BCUT2D eigenvalue weighted by atomic mass is 32.2. The number of rotatable bonds is 5. The Morgan fingerprint density at radius 3 is 2.62 bits per heavy atom. The number of aryl methyl sites for hydroxylation is 1. The number of hydrogen-bond acceptors (Lipinski definition) is 4. The summed E-state index contributed by atoms with van der Waals surface area (Å²) in [6.45, 7) is -0.631. The van der Waals surface area contributed by atoms with Crippen molar-refractivity contribution in [3.8, 4) is 11.4 Å². The normalized spacial score (nSPS) is 11.5. The molecular formula is C18H15F2N5S. The number of para-hydroxylation sites is 2. The maximum atomic E-state index is 13.5. The molecule has 0 bridgehead atoms. The molecule has 1 N–H and O–H groups in total. The van der Waals surface area contributed by atoms with Gasteiger partial charge in [-0.1, -0.05) is 53.7 Å². The lowest BCUT2D eigenvalue weighted by Crippen LogP contribution is -2.03. The number of imidazole rings is 1. The van der Waals surface area contributed by atoms with Crippen LogP contribution < -0.4 is 0 Å². The van der Waals surface area contributed by atoms with Gasteiger partial charge in [-0.15, -0.1) is 5.10 Å². The van der Waals surface area contributed by atoms with E-state index in [1.54, 1.807) is 24.3 Å². The Morgan fingerprint density at radius 2 is 1.85 bits per heavy atom. The maximum absolute atomic E-state index is 13.5. The van der Waals surface area contributed by atoms with Gasteiger partial charge in [-0.05, 0) is 19.1 Å². The van der Waals surface area contributed by atoms with Gasteiger partial charge in [-0.25, -0.2) is 9.97 Å². The summed E-state index contributed by atoms with van der Waals surface area (Å²) in [4.78, 5) is 8.75. The molecule has 0 saturated carbocycles. The molecule has 2 aromatic carbocycles. The summed E-state index contributed by atoms with van der Waals surface area (Å²) in [6, 6.07) is 14.8. The van der Waals surface area contributed by atoms with Crippen molar-refractivity contribution in [3.63, 3.8) is 0 Å². The third-order valence-corrected chi connectivity index (χ3v) is 4.83. The van der Waals surface area contributed by atoms with Crippen LogP contribution in [-0.4, -0.2) is 24.7 Å². The molecule has 0 amide bonds. The second kappa shape index (κ2) is 6.87. The molecule has 5 nitrogen and oxygen atoms in total. The molecule has 0 saturated heterocycles. The van der Waals surface area contributed by atoms with Gasteiger partial charge in [0.15, 0.2) is 5.82 Å². The molecule has 2 aromatic heterocycles. The quantitative estimate of drug-likeness (QED) is 0.511. The Balaban J connectivity index is 1.55. The highest BCUT2D eigenvalue weighted by Crippen LogP contribution is 2.28. The minimum atomic E-state index is -2.65. The van der Waals surface area contributed by atoms with Gasteiger partial charge >= 0.3 is 6.55 Å². The smallest absolute Gasteiger partial charge is 0.269 e. The number of nitrogens with one attached hydrogen (secondary N) is 1. The van der Waals surface area contributed by atoms with E-state index in [9.17, 15) is 8.78 Å². The lowest BCUT2D eigenvalue weighted by molar-refractivity contribution is 0.0722. The molecule has 2 heterocycles. The Hall–Kier alpha value is -2.74. The Labute approximate surface area is 152 Å². The average Bonchev–Trinajstić information content (AvgIpc) is 3.24. The summed E-state index contributed by atoms with van der Waals surface area (Å²) >= 11 is 1.27. The van der Waals surface area contributed by atoms with Crippen molar-refractivity contribution >= 4 is 22.8 Å². The van der Waals surface area contributed by atoms with Crippen LogP contribution in [0.2, 0.25) is 0 Å². The molecule has 4 aromatic rings. The molecule has 4 rings (SSSR count). The fourth-order valence-electron chi connectivity index (χ4n) is 2.69. The lowest BCUT2D eigenvalue weighted by atomic mass is 10.1. The number of halogens is 2. The molecular weight excluding hydrogens is 356 g/mol. The number of fused-ring (bicyclic) bond motifs is 1. The van der Waals surface area contributed by atoms with Crippen LogP contribution in [0.15, 0.2) is 53.7 Å². The molecule has 26 heavy (non-hydrogen) atoms. The molecule has 132 valence electrons. The standard InChI is InChI=1S/C18H15F2N5S/c1-11-6-8-12(9-7-11)16-22-18(24-23-16)26-10-15-21-13-4-2-3-5-14(13)25(15)17(19)20/h2-9,17H,10H2,1H3,(H,22,23,24). The second-order valence-electron chi connectivity index (χ2n) is 5.79. The first-order chi connectivity index (χ1) is 12.6. The third-order valence-electron chi connectivity index (χ3n) is 3.98. The number of alkyl halides is 2. The third kappa shape index (κ3) is 3.20. The summed E-state index contributed by atoms with van der Waals surface area (Å²) in [6.07, 6.45) is 0. The predicted molar refractivity (Wildman–Crippen MR) is 97.1 cm³/mol. The monoisotopic (exact) mass is 371 g/mol. The number of hydrogen-bond donors (Lipinski definition) is 1. The number of aromatic nitrogens is 5. The zero-order valence-electron chi connectivity index (χ0n) is 13.9. The van der Waals surface area contributed by atoms with Crippen molar-refractivity contribution in [1.82, 2.24) is 24.7 Å². The van der Waals surface area contributed by atoms with Gasteiger partial charge in [-0.2, -0.15) is 8.78 Å². The van der Waals surface area contributed by atoms with Crippen LogP contribution >= 0.6 is 11.8 Å². The highest BCUT2D eigenvalue weighted by molar-refractivity contribution is 7.98. The minimum absolute atomic E-state index is 0.254. The number of benzene rings is 2. The first-order valence-corrected chi connectivity index (χ1v) is 8.96. The highest BCUT2D eigenvalue weighted by Gasteiger charge is 2.18. The van der Waals surface area contributed by atoms with Gasteiger partial charge in [0.05, 0.1) is 16.8 Å². The zero-order valence-corrected chi connectivity index (χ0v) is 14.7. The molecule has 0 atom stereocenters. The van der Waals surface area contributed by atoms with Crippen LogP contribution in [-0.2, 0) is 5.75 Å². The topological polar surface area (TPSA) is 59.4 Å². The fraction of sp³-hybridized carbons (Fsp3) is 0.167. The molecule has 0 aliphatic heterocycles. The number of thioether (sulfide) groups is 1. The average molecular weight is 371 g/mol. The van der Waals surface area contributed by atoms with Gasteiger partial charge in [0.1, 0.15) is 5.82 Å². The van der Waals surface area contributed by atoms with Crippen molar-refractivity contribution in [1.29, 1.82) is 0 Å². The van der Waals surface area contributed by atoms with E-state index < -0.39 is 6.55 Å². The molecule has 0 radical (unpaired) electrons. The van der Waals surface area contributed by atoms with Crippen LogP contribution in [0.5, 0.6) is 0 Å². The van der Waals surface area contributed by atoms with E-state index in [2.05, 4.69) is 20.2 Å². The SMILES string of the molecule is Cc1ccc(-c2nc(SCc3nc4ccccc4n3C(F)F)n[nH]2)cc1. The second-order valence-corrected chi connectivity index (χ2v) is 6.73. The van der Waals surface area contributed by atoms with E-state index in [1.807, 2.05) is 31.2 Å². The molecule has 0 spiro atoms. The van der Waals surface area contributed by atoms with Crippen molar-refractivity contribution in [2.24, 2.45) is 0 Å². The predicted octanol–water partition coefficient (Wildman–Crippen LogP) is 4.82. The summed E-state index contributed by atoms with van der Waals surface area (Å²) in [5.41, 5.74) is 3.07. The fourth-order valence-corrected chi connectivity index (χ4v) is 3.42. The van der Waals surface area contributed by atoms with Gasteiger partial charge in [0.2, 0.25) is 5.16 Å². The van der Waals surface area contributed by atoms with Crippen molar-refractivity contribution in [3.05, 3.63) is 59.9 Å². The summed E-state index contributed by atoms with van der Waals surface area (Å²) in [5.74, 6) is 1.20. The van der Waals surface area contributed by atoms with Crippen LogP contribution in [0.4, 0.5) is 8.78 Å². The summed E-state index contributed by atoms with van der Waals surface area (Å²) < 4.78 is 27.9. The van der Waals surface area contributed by atoms with Crippen molar-refractivity contribution in [2.75, 3.05) is 0 Å². The molecule has 8 heteroatoms.